The summed E-state index contributed by atoms with van der Waals surface area (Å²) in [6.45, 7) is -0.700. The van der Waals surface area contributed by atoms with Gasteiger partial charge in [-0.3, -0.25) is 0 Å². The van der Waals surface area contributed by atoms with Crippen LogP contribution in [0.2, 0.25) is 0 Å². The fraction of sp³-hybridized carbons (Fsp3) is 0.263. The number of carbonyl (C=O) groups is 1. The Kier molecular flexibility index (Phi) is 6.77. The van der Waals surface area contributed by atoms with Gasteiger partial charge in [0.25, 0.3) is 0 Å². The number of thioether (sulfide) groups is 1. The summed E-state index contributed by atoms with van der Waals surface area (Å²) in [6.07, 6.45) is 0. The Labute approximate surface area is 179 Å². The Morgan fingerprint density at radius 3 is 2.43 bits per heavy atom. The average molecular weight is 462 g/mol. The number of nitrogens with one attached hydrogen (secondary N) is 1. The molecule has 0 saturated carbocycles. The average Bonchev–Trinajstić information content (AvgIpc) is 3.04. The van der Waals surface area contributed by atoms with Crippen LogP contribution in [-0.4, -0.2) is 34.6 Å². The zero-order valence-corrected chi connectivity index (χ0v) is 17.1. The SMILES string of the molecule is CC1CN(C(=O)Nc2ccc(SC(F)(F)Cl)cc2)N=C1c1ccc(OC(F)F)cc1. The van der Waals surface area contributed by atoms with Gasteiger partial charge in [-0.2, -0.15) is 22.7 Å². The van der Waals surface area contributed by atoms with E-state index < -0.39 is 17.4 Å². The molecule has 1 unspecified atom stereocenters. The highest BCUT2D eigenvalue weighted by Crippen LogP contribution is 2.39. The van der Waals surface area contributed by atoms with Gasteiger partial charge in [0.05, 0.1) is 12.3 Å². The molecule has 1 aliphatic heterocycles. The third kappa shape index (κ3) is 6.02. The van der Waals surface area contributed by atoms with Crippen molar-refractivity contribution in [1.82, 2.24) is 5.01 Å². The molecule has 0 radical (unpaired) electrons. The number of carbonyl (C=O) groups excluding carboxylic acids is 1. The minimum atomic E-state index is -3.41. The summed E-state index contributed by atoms with van der Waals surface area (Å²) >= 11 is 5.08. The van der Waals surface area contributed by atoms with E-state index in [0.717, 1.165) is 0 Å². The van der Waals surface area contributed by atoms with Gasteiger partial charge in [0.15, 0.2) is 0 Å². The van der Waals surface area contributed by atoms with Crippen LogP contribution in [0, 0.1) is 5.92 Å². The van der Waals surface area contributed by atoms with Gasteiger partial charge < -0.3 is 10.1 Å². The normalized spacial score (nSPS) is 16.6. The molecule has 2 aromatic rings. The zero-order valence-electron chi connectivity index (χ0n) is 15.5. The van der Waals surface area contributed by atoms with Crippen LogP contribution in [0.25, 0.3) is 0 Å². The Bertz CT molecular complexity index is 921. The van der Waals surface area contributed by atoms with Crippen molar-refractivity contribution in [2.45, 2.75) is 23.1 Å². The molecule has 5 nitrogen and oxygen atoms in total. The first-order valence-corrected chi connectivity index (χ1v) is 9.88. The maximum absolute atomic E-state index is 12.8. The molecule has 1 heterocycles. The number of amides is 2. The van der Waals surface area contributed by atoms with E-state index >= 15 is 0 Å². The van der Waals surface area contributed by atoms with E-state index in [1.165, 1.54) is 41.4 Å². The quantitative estimate of drug-likeness (QED) is 0.323. The number of alkyl halides is 5. The summed E-state index contributed by atoms with van der Waals surface area (Å²) < 4.78 is 51.1. The lowest BCUT2D eigenvalue weighted by atomic mass is 9.99. The molecule has 160 valence electrons. The molecular weight excluding hydrogens is 446 g/mol. The van der Waals surface area contributed by atoms with Crippen LogP contribution in [0.3, 0.4) is 0 Å². The maximum atomic E-state index is 12.8. The lowest BCUT2D eigenvalue weighted by Crippen LogP contribution is -2.30. The molecule has 1 atom stereocenters. The fourth-order valence-electron chi connectivity index (χ4n) is 2.82. The van der Waals surface area contributed by atoms with Gasteiger partial charge in [-0.25, -0.2) is 9.80 Å². The predicted octanol–water partition coefficient (Wildman–Crippen LogP) is 6.06. The first-order valence-electron chi connectivity index (χ1n) is 8.69. The predicted molar refractivity (Wildman–Crippen MR) is 108 cm³/mol. The van der Waals surface area contributed by atoms with Crippen LogP contribution in [0.15, 0.2) is 58.5 Å². The second-order valence-electron chi connectivity index (χ2n) is 6.37. The third-order valence-electron chi connectivity index (χ3n) is 4.09. The van der Waals surface area contributed by atoms with Crippen molar-refractivity contribution in [1.29, 1.82) is 0 Å². The smallest absolute Gasteiger partial charge is 0.387 e. The topological polar surface area (TPSA) is 53.9 Å². The minimum Gasteiger partial charge on any atom is -0.435 e. The molecule has 11 heteroatoms. The van der Waals surface area contributed by atoms with Crippen LogP contribution >= 0.6 is 23.4 Å². The van der Waals surface area contributed by atoms with Gasteiger partial charge >= 0.3 is 17.4 Å². The summed E-state index contributed by atoms with van der Waals surface area (Å²) in [4.78, 5) is 12.7. The van der Waals surface area contributed by atoms with Crippen LogP contribution in [0.4, 0.5) is 28.0 Å². The number of ether oxygens (including phenoxy) is 1. The Balaban J connectivity index is 1.65. The van der Waals surface area contributed by atoms with E-state index in [9.17, 15) is 22.4 Å². The van der Waals surface area contributed by atoms with Gasteiger partial charge in [0.1, 0.15) is 5.75 Å². The Morgan fingerprint density at radius 1 is 1.23 bits per heavy atom. The molecule has 0 aliphatic carbocycles. The number of hydrogen-bond acceptors (Lipinski definition) is 4. The molecule has 0 saturated heterocycles. The van der Waals surface area contributed by atoms with Crippen molar-refractivity contribution in [3.63, 3.8) is 0 Å². The second-order valence-corrected chi connectivity index (χ2v) is 8.26. The van der Waals surface area contributed by atoms with Crippen LogP contribution in [0.5, 0.6) is 5.75 Å². The molecule has 2 amide bonds. The first-order chi connectivity index (χ1) is 14.1. The lowest BCUT2D eigenvalue weighted by Gasteiger charge is -2.14. The summed E-state index contributed by atoms with van der Waals surface area (Å²) in [5, 5.41) is 8.21. The standard InChI is InChI=1S/C19H16ClF4N3O2S/c1-11-10-27(26-16(11)12-2-6-14(7-3-12)29-17(21)22)18(28)25-13-4-8-15(9-5-13)30-19(20,23)24/h2-9,11,17H,10H2,1H3,(H,25,28). The van der Waals surface area contributed by atoms with Crippen LogP contribution in [-0.2, 0) is 0 Å². The van der Waals surface area contributed by atoms with Crippen molar-refractivity contribution in [3.05, 3.63) is 54.1 Å². The molecule has 0 bridgehead atoms. The highest BCUT2D eigenvalue weighted by Gasteiger charge is 2.29. The summed E-state index contributed by atoms with van der Waals surface area (Å²) in [6, 6.07) is 11.3. The van der Waals surface area contributed by atoms with Gasteiger partial charge in [0, 0.05) is 16.5 Å². The number of benzene rings is 2. The number of rotatable bonds is 6. The van der Waals surface area contributed by atoms with E-state index in [1.807, 2.05) is 6.92 Å². The van der Waals surface area contributed by atoms with E-state index in [1.54, 1.807) is 12.1 Å². The van der Waals surface area contributed by atoms with Gasteiger partial charge in [-0.1, -0.05) is 6.92 Å². The van der Waals surface area contributed by atoms with Crippen LogP contribution < -0.4 is 10.1 Å². The van der Waals surface area contributed by atoms with Crippen molar-refractivity contribution >= 4 is 40.8 Å². The zero-order chi connectivity index (χ0) is 21.9. The number of anilines is 1. The van der Waals surface area contributed by atoms with Gasteiger partial charge in [-0.15, -0.1) is 0 Å². The molecule has 2 aromatic carbocycles. The number of halogens is 5. The van der Waals surface area contributed by atoms with Crippen molar-refractivity contribution in [3.8, 4) is 5.75 Å². The summed E-state index contributed by atoms with van der Waals surface area (Å²) in [7, 11) is 0. The number of urea groups is 1. The number of nitrogens with zero attached hydrogens (tertiary/aromatic N) is 2. The highest BCUT2D eigenvalue weighted by atomic mass is 35.5. The molecule has 0 fully saturated rings. The van der Waals surface area contributed by atoms with Crippen molar-refractivity contribution < 1.29 is 27.1 Å². The summed E-state index contributed by atoms with van der Waals surface area (Å²) in [5.74, 6) is -0.0505. The minimum absolute atomic E-state index is 0.0307. The molecular formula is C19H16ClF4N3O2S. The molecule has 30 heavy (non-hydrogen) atoms. The Morgan fingerprint density at radius 2 is 1.87 bits per heavy atom. The van der Waals surface area contributed by atoms with E-state index in [-0.39, 0.29) is 28.3 Å². The largest absolute Gasteiger partial charge is 0.435 e. The molecule has 1 N–H and O–H groups in total. The molecule has 1 aliphatic rings. The van der Waals surface area contributed by atoms with Gasteiger partial charge in [0.2, 0.25) is 0 Å². The Hall–Kier alpha value is -2.46. The maximum Gasteiger partial charge on any atom is 0.387 e. The van der Waals surface area contributed by atoms with E-state index in [2.05, 4.69) is 15.2 Å². The van der Waals surface area contributed by atoms with Crippen LogP contribution in [0.1, 0.15) is 12.5 Å². The lowest BCUT2D eigenvalue weighted by molar-refractivity contribution is -0.0498. The number of hydrogen-bond donors (Lipinski definition) is 1. The molecule has 0 spiro atoms. The highest BCUT2D eigenvalue weighted by molar-refractivity contribution is 8.01. The van der Waals surface area contributed by atoms with Gasteiger partial charge in [-0.05, 0) is 77.5 Å². The van der Waals surface area contributed by atoms with E-state index in [0.29, 0.717) is 23.5 Å². The third-order valence-corrected chi connectivity index (χ3v) is 5.06. The summed E-state index contributed by atoms with van der Waals surface area (Å²) in [5.41, 5.74) is 1.72. The molecule has 0 aromatic heterocycles. The molecule has 3 rings (SSSR count). The van der Waals surface area contributed by atoms with Crippen molar-refractivity contribution in [2.75, 3.05) is 11.9 Å². The second kappa shape index (κ2) is 9.13. The monoisotopic (exact) mass is 461 g/mol. The van der Waals surface area contributed by atoms with Crippen molar-refractivity contribution in [2.24, 2.45) is 11.0 Å². The fourth-order valence-corrected chi connectivity index (χ4v) is 3.63. The number of hydrazone groups is 1. The first kappa shape index (κ1) is 22.2. The van der Waals surface area contributed by atoms with E-state index in [4.69, 9.17) is 11.6 Å².